The first-order chi connectivity index (χ1) is 11.5. The van der Waals surface area contributed by atoms with Crippen LogP contribution in [0.1, 0.15) is 44.6 Å². The molecule has 0 saturated heterocycles. The zero-order chi connectivity index (χ0) is 17.4. The van der Waals surface area contributed by atoms with Gasteiger partial charge in [-0.15, -0.1) is 0 Å². The Morgan fingerprint density at radius 3 is 1.92 bits per heavy atom. The van der Waals surface area contributed by atoms with Crippen LogP contribution in [0.4, 0.5) is 0 Å². The van der Waals surface area contributed by atoms with Crippen LogP contribution in [-0.2, 0) is 16.5 Å². The van der Waals surface area contributed by atoms with Crippen molar-refractivity contribution in [1.82, 2.24) is 0 Å². The molecule has 0 spiro atoms. The second-order valence-corrected chi connectivity index (χ2v) is 7.28. The predicted molar refractivity (Wildman–Crippen MR) is 95.2 cm³/mol. The Morgan fingerprint density at radius 1 is 0.833 bits per heavy atom. The van der Waals surface area contributed by atoms with Gasteiger partial charge in [-0.1, -0.05) is 44.7 Å². The van der Waals surface area contributed by atoms with Gasteiger partial charge in [-0.3, -0.25) is 4.55 Å². The third-order valence-corrected chi connectivity index (χ3v) is 4.72. The summed E-state index contributed by atoms with van der Waals surface area (Å²) in [6.45, 7) is 2.22. The molecule has 24 heavy (non-hydrogen) atoms. The van der Waals surface area contributed by atoms with E-state index < -0.39 is 10.1 Å². The summed E-state index contributed by atoms with van der Waals surface area (Å²) in [4.78, 5) is -0.145. The second kappa shape index (κ2) is 8.85. The number of ether oxygens (including phenoxy) is 1. The molecule has 0 aliphatic rings. The third-order valence-electron chi connectivity index (χ3n) is 3.85. The summed E-state index contributed by atoms with van der Waals surface area (Å²) in [6, 6.07) is 13.6. The lowest BCUT2D eigenvalue weighted by Gasteiger charge is -2.07. The molecule has 0 fully saturated rings. The van der Waals surface area contributed by atoms with E-state index in [0.29, 0.717) is 11.5 Å². The molecule has 0 bridgehead atoms. The van der Waals surface area contributed by atoms with Crippen LogP contribution in [0.2, 0.25) is 0 Å². The van der Waals surface area contributed by atoms with Gasteiger partial charge in [-0.2, -0.15) is 8.42 Å². The van der Waals surface area contributed by atoms with Crippen LogP contribution in [0.5, 0.6) is 11.5 Å². The zero-order valence-electron chi connectivity index (χ0n) is 13.9. The van der Waals surface area contributed by atoms with E-state index in [0.717, 1.165) is 6.42 Å². The largest absolute Gasteiger partial charge is 0.457 e. The molecular weight excluding hydrogens is 324 g/mol. The van der Waals surface area contributed by atoms with Gasteiger partial charge < -0.3 is 4.74 Å². The normalized spacial score (nSPS) is 11.4. The van der Waals surface area contributed by atoms with Crippen LogP contribution in [0.3, 0.4) is 0 Å². The van der Waals surface area contributed by atoms with E-state index in [2.05, 4.69) is 19.1 Å². The summed E-state index contributed by atoms with van der Waals surface area (Å²) in [6.07, 6.45) is 7.42. The van der Waals surface area contributed by atoms with E-state index in [-0.39, 0.29) is 4.90 Å². The zero-order valence-corrected chi connectivity index (χ0v) is 14.8. The van der Waals surface area contributed by atoms with Crippen LogP contribution >= 0.6 is 0 Å². The van der Waals surface area contributed by atoms with E-state index in [4.69, 9.17) is 9.29 Å². The minimum absolute atomic E-state index is 0.145. The van der Waals surface area contributed by atoms with Gasteiger partial charge in [-0.05, 0) is 54.8 Å². The van der Waals surface area contributed by atoms with Crippen molar-refractivity contribution in [3.63, 3.8) is 0 Å². The van der Waals surface area contributed by atoms with E-state index in [1.807, 2.05) is 12.1 Å². The third kappa shape index (κ3) is 5.98. The Labute approximate surface area is 144 Å². The van der Waals surface area contributed by atoms with Gasteiger partial charge in [0.2, 0.25) is 0 Å². The highest BCUT2D eigenvalue weighted by molar-refractivity contribution is 7.85. The lowest BCUT2D eigenvalue weighted by Crippen LogP contribution is -1.97. The number of aryl methyl sites for hydroxylation is 1. The molecule has 2 rings (SSSR count). The number of rotatable bonds is 9. The van der Waals surface area contributed by atoms with Gasteiger partial charge in [0, 0.05) is 0 Å². The molecule has 0 radical (unpaired) electrons. The molecular formula is C19H24O4S. The number of hydrogen-bond donors (Lipinski definition) is 1. The van der Waals surface area contributed by atoms with Gasteiger partial charge in [0.05, 0.1) is 4.90 Å². The molecule has 2 aromatic rings. The smallest absolute Gasteiger partial charge is 0.294 e. The highest BCUT2D eigenvalue weighted by Gasteiger charge is 2.09. The molecule has 0 atom stereocenters. The summed E-state index contributed by atoms with van der Waals surface area (Å²) in [5.41, 5.74) is 1.29. The van der Waals surface area contributed by atoms with Crippen LogP contribution in [0, 0.1) is 0 Å². The molecule has 0 aliphatic heterocycles. The molecule has 130 valence electrons. The summed E-state index contributed by atoms with van der Waals surface area (Å²) < 4.78 is 36.6. The van der Waals surface area contributed by atoms with Gasteiger partial charge >= 0.3 is 0 Å². The molecule has 0 saturated carbocycles. The quantitative estimate of drug-likeness (QED) is 0.497. The topological polar surface area (TPSA) is 63.6 Å². The van der Waals surface area contributed by atoms with Crippen molar-refractivity contribution in [2.75, 3.05) is 0 Å². The Bertz CT molecular complexity index is 719. The molecule has 4 nitrogen and oxygen atoms in total. The number of unbranched alkanes of at least 4 members (excludes halogenated alkanes) is 4. The fourth-order valence-corrected chi connectivity index (χ4v) is 2.95. The summed E-state index contributed by atoms with van der Waals surface area (Å²) in [7, 11) is -4.17. The highest BCUT2D eigenvalue weighted by atomic mass is 32.2. The number of hydrogen-bond acceptors (Lipinski definition) is 3. The van der Waals surface area contributed by atoms with Crippen molar-refractivity contribution in [1.29, 1.82) is 0 Å². The SMILES string of the molecule is CCCCCCCc1ccc(Oc2ccc(S(=O)(=O)O)cc2)cc1. The highest BCUT2D eigenvalue weighted by Crippen LogP contribution is 2.23. The first-order valence-corrected chi connectivity index (χ1v) is 9.77. The first-order valence-electron chi connectivity index (χ1n) is 8.33. The molecule has 0 unspecified atom stereocenters. The molecule has 0 heterocycles. The Hall–Kier alpha value is -1.85. The van der Waals surface area contributed by atoms with Crippen LogP contribution < -0.4 is 4.74 Å². The van der Waals surface area contributed by atoms with Crippen molar-refractivity contribution in [2.24, 2.45) is 0 Å². The lowest BCUT2D eigenvalue weighted by molar-refractivity contribution is 0.478. The van der Waals surface area contributed by atoms with E-state index in [9.17, 15) is 8.42 Å². The summed E-state index contributed by atoms with van der Waals surface area (Å²) >= 11 is 0. The van der Waals surface area contributed by atoms with Crippen molar-refractivity contribution in [3.05, 3.63) is 54.1 Å². The maximum Gasteiger partial charge on any atom is 0.294 e. The first kappa shape index (κ1) is 18.5. The van der Waals surface area contributed by atoms with Crippen LogP contribution in [-0.4, -0.2) is 13.0 Å². The van der Waals surface area contributed by atoms with Gasteiger partial charge in [0.1, 0.15) is 11.5 Å². The van der Waals surface area contributed by atoms with Crippen molar-refractivity contribution in [2.45, 2.75) is 50.3 Å². The van der Waals surface area contributed by atoms with Crippen molar-refractivity contribution < 1.29 is 17.7 Å². The van der Waals surface area contributed by atoms with Gasteiger partial charge in [-0.25, -0.2) is 0 Å². The molecule has 2 aromatic carbocycles. The van der Waals surface area contributed by atoms with Crippen LogP contribution in [0.25, 0.3) is 0 Å². The minimum atomic E-state index is -4.17. The van der Waals surface area contributed by atoms with E-state index >= 15 is 0 Å². The Morgan fingerprint density at radius 2 is 1.38 bits per heavy atom. The maximum atomic E-state index is 11.0. The Kier molecular flexibility index (Phi) is 6.82. The van der Waals surface area contributed by atoms with Gasteiger partial charge in [0.15, 0.2) is 0 Å². The molecule has 0 aliphatic carbocycles. The molecule has 0 aromatic heterocycles. The van der Waals surface area contributed by atoms with Crippen LogP contribution in [0.15, 0.2) is 53.4 Å². The fraction of sp³-hybridized carbons (Fsp3) is 0.368. The van der Waals surface area contributed by atoms with Gasteiger partial charge in [0.25, 0.3) is 10.1 Å². The van der Waals surface area contributed by atoms with Crippen molar-refractivity contribution >= 4 is 10.1 Å². The number of benzene rings is 2. The second-order valence-electron chi connectivity index (χ2n) is 5.86. The molecule has 1 N–H and O–H groups in total. The van der Waals surface area contributed by atoms with E-state index in [1.54, 1.807) is 0 Å². The Balaban J connectivity index is 1.87. The standard InChI is InChI=1S/C19H24O4S/c1-2-3-4-5-6-7-16-8-10-17(11-9-16)23-18-12-14-19(15-13-18)24(20,21)22/h8-15H,2-7H2,1H3,(H,20,21,22). The molecule has 0 amide bonds. The average molecular weight is 348 g/mol. The van der Waals surface area contributed by atoms with Crippen molar-refractivity contribution in [3.8, 4) is 11.5 Å². The summed E-state index contributed by atoms with van der Waals surface area (Å²) in [5, 5.41) is 0. The summed E-state index contributed by atoms with van der Waals surface area (Å²) in [5.74, 6) is 1.22. The molecule has 5 heteroatoms. The average Bonchev–Trinajstić information content (AvgIpc) is 2.56. The van der Waals surface area contributed by atoms with E-state index in [1.165, 1.54) is 61.9 Å². The maximum absolute atomic E-state index is 11.0. The fourth-order valence-electron chi connectivity index (χ4n) is 2.47. The lowest BCUT2D eigenvalue weighted by atomic mass is 10.1. The predicted octanol–water partition coefficient (Wildman–Crippen LogP) is 5.24. The monoisotopic (exact) mass is 348 g/mol. The minimum Gasteiger partial charge on any atom is -0.457 e.